The first-order valence-electron chi connectivity index (χ1n) is 12.6. The monoisotopic (exact) mass is 633 g/mol. The molecule has 3 aromatic rings. The Hall–Kier alpha value is -2.88. The molecule has 0 heterocycles. The highest BCUT2D eigenvalue weighted by molar-refractivity contribution is 9.10. The molecule has 0 aromatic heterocycles. The van der Waals surface area contributed by atoms with E-state index in [1.807, 2.05) is 20.8 Å². The van der Waals surface area contributed by atoms with E-state index in [0.717, 1.165) is 20.8 Å². The van der Waals surface area contributed by atoms with E-state index in [9.17, 15) is 18.0 Å². The summed E-state index contributed by atoms with van der Waals surface area (Å²) in [6, 6.07) is 19.2. The molecule has 0 spiro atoms. The van der Waals surface area contributed by atoms with Gasteiger partial charge in [-0.25, -0.2) is 8.42 Å². The summed E-state index contributed by atoms with van der Waals surface area (Å²) in [6.45, 7) is 6.86. The van der Waals surface area contributed by atoms with Gasteiger partial charge < -0.3 is 10.2 Å². The fourth-order valence-electron chi connectivity index (χ4n) is 3.83. The van der Waals surface area contributed by atoms with E-state index in [0.29, 0.717) is 16.3 Å². The minimum absolute atomic E-state index is 0.0341. The van der Waals surface area contributed by atoms with Crippen LogP contribution >= 0.6 is 27.5 Å². The van der Waals surface area contributed by atoms with Gasteiger partial charge in [-0.05, 0) is 75.2 Å². The molecule has 0 saturated heterocycles. The molecule has 0 aliphatic heterocycles. The number of rotatable bonds is 11. The molecular formula is C29H33BrClN3O4S. The van der Waals surface area contributed by atoms with Crippen molar-refractivity contribution < 1.29 is 18.0 Å². The minimum Gasteiger partial charge on any atom is -0.352 e. The number of nitrogens with one attached hydrogen (secondary N) is 1. The van der Waals surface area contributed by atoms with Gasteiger partial charge in [0.25, 0.3) is 10.0 Å². The van der Waals surface area contributed by atoms with Crippen molar-refractivity contribution in [2.75, 3.05) is 10.8 Å². The Morgan fingerprint density at radius 2 is 1.59 bits per heavy atom. The van der Waals surface area contributed by atoms with Gasteiger partial charge in [0.1, 0.15) is 12.6 Å². The molecule has 0 radical (unpaired) electrons. The van der Waals surface area contributed by atoms with Crippen LogP contribution < -0.4 is 9.62 Å². The first kappa shape index (κ1) is 30.7. The number of amides is 2. The van der Waals surface area contributed by atoms with Crippen LogP contribution in [0.1, 0.15) is 38.3 Å². The summed E-state index contributed by atoms with van der Waals surface area (Å²) in [6.07, 6.45) is 0.725. The molecule has 2 atom stereocenters. The second-order valence-corrected chi connectivity index (χ2v) is 12.6. The van der Waals surface area contributed by atoms with Gasteiger partial charge >= 0.3 is 0 Å². The van der Waals surface area contributed by atoms with Crippen LogP contribution in [0.3, 0.4) is 0 Å². The van der Waals surface area contributed by atoms with E-state index >= 15 is 0 Å². The number of hydrogen-bond acceptors (Lipinski definition) is 4. The van der Waals surface area contributed by atoms with Crippen LogP contribution in [-0.4, -0.2) is 43.8 Å². The molecule has 208 valence electrons. The number of benzene rings is 3. The van der Waals surface area contributed by atoms with Crippen molar-refractivity contribution in [1.29, 1.82) is 0 Å². The highest BCUT2D eigenvalue weighted by Gasteiger charge is 2.33. The fraction of sp³-hybridized carbons (Fsp3) is 0.310. The summed E-state index contributed by atoms with van der Waals surface area (Å²) in [7, 11) is -4.12. The standard InChI is InChI=1S/C29H33BrClN3O4S/c1-5-21(3)32-29(36)22(4)33(18-23-8-6-7-9-27(23)31)28(35)19-34(25-14-12-24(30)13-15-25)39(37,38)26-16-10-20(2)11-17-26/h6-17,21-22H,5,18-19H2,1-4H3,(H,32,36)/t21-,22+/m1/s1. The van der Waals surface area contributed by atoms with Crippen LogP contribution in [0, 0.1) is 6.92 Å². The van der Waals surface area contributed by atoms with Crippen LogP contribution in [0.15, 0.2) is 82.2 Å². The number of carbonyl (C=O) groups excluding carboxylic acids is 2. The maximum absolute atomic E-state index is 13.9. The number of nitrogens with zero attached hydrogens (tertiary/aromatic N) is 2. The van der Waals surface area contributed by atoms with Crippen molar-refractivity contribution >= 4 is 55.1 Å². The van der Waals surface area contributed by atoms with Gasteiger partial charge in [0.2, 0.25) is 11.8 Å². The van der Waals surface area contributed by atoms with Gasteiger partial charge in [-0.15, -0.1) is 0 Å². The summed E-state index contributed by atoms with van der Waals surface area (Å²) < 4.78 is 29.5. The van der Waals surface area contributed by atoms with Gasteiger partial charge in [0, 0.05) is 22.1 Å². The van der Waals surface area contributed by atoms with Crippen molar-refractivity contribution in [3.05, 3.63) is 93.4 Å². The molecule has 10 heteroatoms. The van der Waals surface area contributed by atoms with Gasteiger partial charge in [0.15, 0.2) is 0 Å². The zero-order valence-electron chi connectivity index (χ0n) is 22.4. The third-order valence-electron chi connectivity index (χ3n) is 6.47. The molecule has 0 unspecified atom stereocenters. The van der Waals surface area contributed by atoms with Crippen molar-refractivity contribution in [2.24, 2.45) is 0 Å². The molecule has 2 amide bonds. The number of sulfonamides is 1. The lowest BCUT2D eigenvalue weighted by Gasteiger charge is -2.32. The van der Waals surface area contributed by atoms with Gasteiger partial charge in [0.05, 0.1) is 10.6 Å². The summed E-state index contributed by atoms with van der Waals surface area (Å²) in [5.74, 6) is -0.873. The predicted octanol–water partition coefficient (Wildman–Crippen LogP) is 5.94. The Kier molecular flexibility index (Phi) is 10.6. The van der Waals surface area contributed by atoms with Crippen LogP contribution in [0.25, 0.3) is 0 Å². The van der Waals surface area contributed by atoms with E-state index in [1.54, 1.807) is 67.6 Å². The average Bonchev–Trinajstić information content (AvgIpc) is 2.91. The van der Waals surface area contributed by atoms with E-state index in [4.69, 9.17) is 11.6 Å². The van der Waals surface area contributed by atoms with Crippen molar-refractivity contribution in [2.45, 2.75) is 57.6 Å². The third-order valence-corrected chi connectivity index (χ3v) is 9.15. The Labute approximate surface area is 244 Å². The number of halogens is 2. The van der Waals surface area contributed by atoms with Crippen LogP contribution in [0.4, 0.5) is 5.69 Å². The summed E-state index contributed by atoms with van der Waals surface area (Å²) in [5.41, 5.74) is 1.88. The highest BCUT2D eigenvalue weighted by Crippen LogP contribution is 2.27. The molecule has 0 bridgehead atoms. The molecule has 39 heavy (non-hydrogen) atoms. The second-order valence-electron chi connectivity index (χ2n) is 9.41. The molecule has 0 fully saturated rings. The zero-order valence-corrected chi connectivity index (χ0v) is 25.6. The van der Waals surface area contributed by atoms with Crippen molar-refractivity contribution in [3.8, 4) is 0 Å². The van der Waals surface area contributed by atoms with E-state index < -0.39 is 28.5 Å². The van der Waals surface area contributed by atoms with E-state index in [2.05, 4.69) is 21.2 Å². The largest absolute Gasteiger partial charge is 0.352 e. The minimum atomic E-state index is -4.12. The SMILES string of the molecule is CC[C@@H](C)NC(=O)[C@H](C)N(Cc1ccccc1Cl)C(=O)CN(c1ccc(Br)cc1)S(=O)(=O)c1ccc(C)cc1. The highest BCUT2D eigenvalue weighted by atomic mass is 79.9. The van der Waals surface area contributed by atoms with E-state index in [-0.39, 0.29) is 23.4 Å². The molecule has 7 nitrogen and oxygen atoms in total. The summed E-state index contributed by atoms with van der Waals surface area (Å²) >= 11 is 9.77. The zero-order chi connectivity index (χ0) is 28.7. The van der Waals surface area contributed by atoms with Crippen LogP contribution in [0.2, 0.25) is 5.02 Å². The molecule has 0 aliphatic rings. The third kappa shape index (κ3) is 7.84. The quantitative estimate of drug-likeness (QED) is 0.283. The summed E-state index contributed by atoms with van der Waals surface area (Å²) in [4.78, 5) is 28.5. The van der Waals surface area contributed by atoms with Gasteiger partial charge in [-0.3, -0.25) is 13.9 Å². The van der Waals surface area contributed by atoms with Crippen LogP contribution in [-0.2, 0) is 26.2 Å². The molecule has 1 N–H and O–H groups in total. The average molecular weight is 635 g/mol. The predicted molar refractivity (Wildman–Crippen MR) is 159 cm³/mol. The number of hydrogen-bond donors (Lipinski definition) is 1. The first-order valence-corrected chi connectivity index (χ1v) is 15.2. The molecule has 3 aromatic carbocycles. The molecule has 0 saturated carbocycles. The number of anilines is 1. The molecular weight excluding hydrogens is 602 g/mol. The van der Waals surface area contributed by atoms with E-state index in [1.165, 1.54) is 17.0 Å². The Morgan fingerprint density at radius 3 is 2.18 bits per heavy atom. The number of aryl methyl sites for hydroxylation is 1. The van der Waals surface area contributed by atoms with Gasteiger partial charge in [-0.2, -0.15) is 0 Å². The number of carbonyl (C=O) groups is 2. The van der Waals surface area contributed by atoms with Crippen molar-refractivity contribution in [1.82, 2.24) is 10.2 Å². The lowest BCUT2D eigenvalue weighted by atomic mass is 10.1. The Bertz CT molecular complexity index is 1400. The van der Waals surface area contributed by atoms with Crippen LogP contribution in [0.5, 0.6) is 0 Å². The smallest absolute Gasteiger partial charge is 0.264 e. The summed E-state index contributed by atoms with van der Waals surface area (Å²) in [5, 5.41) is 3.36. The Morgan fingerprint density at radius 1 is 0.974 bits per heavy atom. The van der Waals surface area contributed by atoms with Crippen molar-refractivity contribution in [3.63, 3.8) is 0 Å². The lowest BCUT2D eigenvalue weighted by molar-refractivity contribution is -0.139. The molecule has 0 aliphatic carbocycles. The lowest BCUT2D eigenvalue weighted by Crippen LogP contribution is -2.52. The Balaban J connectivity index is 2.03. The molecule has 3 rings (SSSR count). The fourth-order valence-corrected chi connectivity index (χ4v) is 5.71. The van der Waals surface area contributed by atoms with Gasteiger partial charge in [-0.1, -0.05) is 70.3 Å². The maximum atomic E-state index is 13.9. The maximum Gasteiger partial charge on any atom is 0.264 e. The second kappa shape index (κ2) is 13.5. The first-order chi connectivity index (χ1) is 18.4. The topological polar surface area (TPSA) is 86.8 Å². The normalized spacial score (nSPS) is 12.9.